The third-order valence-electron chi connectivity index (χ3n) is 2.79. The average Bonchev–Trinajstić information content (AvgIpc) is 2.86. The van der Waals surface area contributed by atoms with Crippen LogP contribution in [0, 0.1) is 6.92 Å². The minimum Gasteiger partial charge on any atom is -0.491 e. The van der Waals surface area contributed by atoms with Crippen molar-refractivity contribution in [3.8, 4) is 5.75 Å². The van der Waals surface area contributed by atoms with Gasteiger partial charge in [0.15, 0.2) is 0 Å². The first-order chi connectivity index (χ1) is 9.67. The highest BCUT2D eigenvalue weighted by atomic mass is 32.1. The number of anilines is 1. The Morgan fingerprint density at radius 1 is 1.40 bits per heavy atom. The van der Waals surface area contributed by atoms with Gasteiger partial charge in [0.2, 0.25) is 5.13 Å². The molecule has 0 spiro atoms. The predicted octanol–water partition coefficient (Wildman–Crippen LogP) is 4.07. The zero-order valence-electron chi connectivity index (χ0n) is 12.0. The van der Waals surface area contributed by atoms with Crippen LogP contribution in [-0.2, 0) is 0 Å². The van der Waals surface area contributed by atoms with Gasteiger partial charge in [-0.15, -0.1) is 11.3 Å². The zero-order chi connectivity index (χ0) is 14.4. The quantitative estimate of drug-likeness (QED) is 0.644. The molecule has 0 bridgehead atoms. The minimum atomic E-state index is 0.240. The van der Waals surface area contributed by atoms with Crippen molar-refractivity contribution in [2.75, 3.05) is 5.43 Å². The fourth-order valence-electron chi connectivity index (χ4n) is 1.52. The minimum absolute atomic E-state index is 0.240. The van der Waals surface area contributed by atoms with E-state index in [-0.39, 0.29) is 6.10 Å². The van der Waals surface area contributed by atoms with Crippen molar-refractivity contribution in [1.82, 2.24) is 4.98 Å². The maximum atomic E-state index is 5.73. The summed E-state index contributed by atoms with van der Waals surface area (Å²) in [7, 11) is 0. The lowest BCUT2D eigenvalue weighted by molar-refractivity contribution is 0.217. The van der Waals surface area contributed by atoms with Crippen molar-refractivity contribution in [3.63, 3.8) is 0 Å². The van der Waals surface area contributed by atoms with Crippen molar-refractivity contribution in [3.05, 3.63) is 40.9 Å². The Morgan fingerprint density at radius 2 is 2.15 bits per heavy atom. The number of aromatic nitrogens is 1. The molecule has 0 fully saturated rings. The maximum Gasteiger partial charge on any atom is 0.203 e. The molecule has 0 aliphatic rings. The third-order valence-corrected chi connectivity index (χ3v) is 3.65. The van der Waals surface area contributed by atoms with Gasteiger partial charge < -0.3 is 4.74 Å². The largest absolute Gasteiger partial charge is 0.491 e. The normalized spacial score (nSPS) is 12.6. The summed E-state index contributed by atoms with van der Waals surface area (Å²) in [6.45, 7) is 6.13. The first-order valence-corrected chi connectivity index (χ1v) is 7.53. The van der Waals surface area contributed by atoms with E-state index in [1.54, 1.807) is 17.6 Å². The van der Waals surface area contributed by atoms with Crippen LogP contribution in [0.3, 0.4) is 0 Å². The summed E-state index contributed by atoms with van der Waals surface area (Å²) in [5, 5.41) is 6.95. The summed E-state index contributed by atoms with van der Waals surface area (Å²) >= 11 is 1.54. The molecular formula is C15H19N3OS. The second-order valence-corrected chi connectivity index (χ2v) is 5.43. The molecule has 1 atom stereocenters. The smallest absolute Gasteiger partial charge is 0.203 e. The van der Waals surface area contributed by atoms with Crippen LogP contribution >= 0.6 is 11.3 Å². The number of nitrogens with one attached hydrogen (secondary N) is 1. The summed E-state index contributed by atoms with van der Waals surface area (Å²) in [4.78, 5) is 4.27. The van der Waals surface area contributed by atoms with E-state index in [0.717, 1.165) is 28.6 Å². The lowest BCUT2D eigenvalue weighted by Crippen LogP contribution is -2.09. The van der Waals surface area contributed by atoms with E-state index in [1.807, 2.05) is 36.6 Å². The van der Waals surface area contributed by atoms with Crippen LogP contribution in [0.5, 0.6) is 5.75 Å². The van der Waals surface area contributed by atoms with Crippen molar-refractivity contribution in [2.24, 2.45) is 5.10 Å². The van der Waals surface area contributed by atoms with Gasteiger partial charge in [0.1, 0.15) is 5.75 Å². The van der Waals surface area contributed by atoms with Crippen LogP contribution in [0.1, 0.15) is 31.5 Å². The van der Waals surface area contributed by atoms with E-state index in [4.69, 9.17) is 4.74 Å². The van der Waals surface area contributed by atoms with E-state index >= 15 is 0 Å². The standard InChI is InChI=1S/C15H19N3OS/c1-4-12(3)19-14-7-5-13(6-8-14)9-16-18-15-17-11(2)10-20-15/h5-10,12H,4H2,1-3H3,(H,17,18). The van der Waals surface area contributed by atoms with Gasteiger partial charge in [0.25, 0.3) is 0 Å². The van der Waals surface area contributed by atoms with Crippen LogP contribution in [0.2, 0.25) is 0 Å². The first-order valence-electron chi connectivity index (χ1n) is 6.65. The molecule has 4 nitrogen and oxygen atoms in total. The van der Waals surface area contributed by atoms with Gasteiger partial charge >= 0.3 is 0 Å². The Morgan fingerprint density at radius 3 is 2.75 bits per heavy atom. The fourth-order valence-corrected chi connectivity index (χ4v) is 2.15. The Hall–Kier alpha value is -1.88. The average molecular weight is 289 g/mol. The van der Waals surface area contributed by atoms with Gasteiger partial charge in [-0.3, -0.25) is 5.43 Å². The van der Waals surface area contributed by atoms with E-state index in [0.29, 0.717) is 0 Å². The summed E-state index contributed by atoms with van der Waals surface area (Å²) in [5.41, 5.74) is 4.93. The zero-order valence-corrected chi connectivity index (χ0v) is 12.8. The molecular weight excluding hydrogens is 270 g/mol. The number of ether oxygens (including phenoxy) is 1. The lowest BCUT2D eigenvalue weighted by Gasteiger charge is -2.12. The molecule has 106 valence electrons. The Bertz CT molecular complexity index is 563. The molecule has 0 saturated heterocycles. The molecule has 5 heteroatoms. The van der Waals surface area contributed by atoms with Gasteiger partial charge in [-0.1, -0.05) is 6.92 Å². The molecule has 1 aromatic heterocycles. The lowest BCUT2D eigenvalue weighted by atomic mass is 10.2. The van der Waals surface area contributed by atoms with Crippen molar-refractivity contribution in [1.29, 1.82) is 0 Å². The van der Waals surface area contributed by atoms with Crippen LogP contribution < -0.4 is 10.2 Å². The molecule has 2 aromatic rings. The number of rotatable bonds is 6. The number of hydrogen-bond acceptors (Lipinski definition) is 5. The summed E-state index contributed by atoms with van der Waals surface area (Å²) in [5.74, 6) is 0.889. The number of nitrogens with zero attached hydrogens (tertiary/aromatic N) is 2. The van der Waals surface area contributed by atoms with E-state index in [2.05, 4.69) is 29.4 Å². The molecule has 1 heterocycles. The highest BCUT2D eigenvalue weighted by Crippen LogP contribution is 2.15. The Kier molecular flexibility index (Phi) is 5.12. The van der Waals surface area contributed by atoms with Gasteiger partial charge in [0.05, 0.1) is 18.0 Å². The van der Waals surface area contributed by atoms with Gasteiger partial charge in [-0.05, 0) is 50.1 Å². The van der Waals surface area contributed by atoms with Crippen molar-refractivity contribution < 1.29 is 4.74 Å². The maximum absolute atomic E-state index is 5.73. The SMILES string of the molecule is CCC(C)Oc1ccc(C=NNc2nc(C)cs2)cc1. The van der Waals surface area contributed by atoms with Crippen LogP contribution in [0.15, 0.2) is 34.7 Å². The number of aryl methyl sites for hydroxylation is 1. The van der Waals surface area contributed by atoms with Gasteiger partial charge in [0, 0.05) is 5.38 Å². The summed E-state index contributed by atoms with van der Waals surface area (Å²) in [6.07, 6.45) is 3.01. The number of hydrogen-bond donors (Lipinski definition) is 1. The fraction of sp³-hybridized carbons (Fsp3) is 0.333. The number of benzene rings is 1. The van der Waals surface area contributed by atoms with Crippen molar-refractivity contribution >= 4 is 22.7 Å². The molecule has 0 radical (unpaired) electrons. The summed E-state index contributed by atoms with van der Waals surface area (Å²) in [6, 6.07) is 7.88. The van der Waals surface area contributed by atoms with E-state index in [1.165, 1.54) is 0 Å². The molecule has 2 rings (SSSR count). The van der Waals surface area contributed by atoms with Crippen LogP contribution in [0.4, 0.5) is 5.13 Å². The second-order valence-electron chi connectivity index (χ2n) is 4.57. The molecule has 1 unspecified atom stereocenters. The van der Waals surface area contributed by atoms with Gasteiger partial charge in [-0.25, -0.2) is 4.98 Å². The Labute approximate surface area is 123 Å². The molecule has 20 heavy (non-hydrogen) atoms. The van der Waals surface area contributed by atoms with E-state index in [9.17, 15) is 0 Å². The predicted molar refractivity (Wildman–Crippen MR) is 84.9 cm³/mol. The molecule has 1 aromatic carbocycles. The van der Waals surface area contributed by atoms with Crippen LogP contribution in [0.25, 0.3) is 0 Å². The van der Waals surface area contributed by atoms with Crippen molar-refractivity contribution in [2.45, 2.75) is 33.3 Å². The van der Waals surface area contributed by atoms with Gasteiger partial charge in [-0.2, -0.15) is 5.10 Å². The molecule has 0 amide bonds. The third kappa shape index (κ3) is 4.35. The summed E-state index contributed by atoms with van der Waals surface area (Å²) < 4.78 is 5.73. The monoisotopic (exact) mass is 289 g/mol. The molecule has 0 saturated carbocycles. The van der Waals surface area contributed by atoms with E-state index < -0.39 is 0 Å². The molecule has 0 aliphatic heterocycles. The highest BCUT2D eigenvalue weighted by molar-refractivity contribution is 7.13. The number of hydrazone groups is 1. The topological polar surface area (TPSA) is 46.5 Å². The molecule has 1 N–H and O–H groups in total. The second kappa shape index (κ2) is 7.05. The highest BCUT2D eigenvalue weighted by Gasteiger charge is 2.00. The molecule has 0 aliphatic carbocycles. The van der Waals surface area contributed by atoms with Crippen LogP contribution in [-0.4, -0.2) is 17.3 Å². The Balaban J connectivity index is 1.90. The number of thiazole rings is 1. The first kappa shape index (κ1) is 14.5.